The van der Waals surface area contributed by atoms with Crippen molar-refractivity contribution in [3.05, 3.63) is 53.7 Å². The summed E-state index contributed by atoms with van der Waals surface area (Å²) in [4.78, 5) is 4.36. The third-order valence-corrected chi connectivity index (χ3v) is 2.55. The van der Waals surface area contributed by atoms with Crippen molar-refractivity contribution in [2.24, 2.45) is 0 Å². The number of anilines is 2. The van der Waals surface area contributed by atoms with Crippen LogP contribution in [0.25, 0.3) is 0 Å². The van der Waals surface area contributed by atoms with Crippen molar-refractivity contribution >= 4 is 11.5 Å². The van der Waals surface area contributed by atoms with Crippen molar-refractivity contribution in [2.45, 2.75) is 20.3 Å². The van der Waals surface area contributed by atoms with E-state index >= 15 is 0 Å². The van der Waals surface area contributed by atoms with Crippen molar-refractivity contribution in [3.63, 3.8) is 0 Å². The summed E-state index contributed by atoms with van der Waals surface area (Å²) in [6.07, 6.45) is 2.80. The maximum atomic E-state index is 4.36. The molecular formula is C14H16N2. The molecule has 1 N–H and O–H groups in total. The van der Waals surface area contributed by atoms with Crippen LogP contribution < -0.4 is 5.32 Å². The minimum atomic E-state index is 0.954. The van der Waals surface area contributed by atoms with Crippen LogP contribution >= 0.6 is 0 Å². The van der Waals surface area contributed by atoms with Gasteiger partial charge in [0.25, 0.3) is 0 Å². The van der Waals surface area contributed by atoms with Gasteiger partial charge in [0.1, 0.15) is 5.82 Å². The number of hydrogen-bond acceptors (Lipinski definition) is 2. The molecule has 2 nitrogen and oxygen atoms in total. The first kappa shape index (κ1) is 10.7. The zero-order chi connectivity index (χ0) is 11.4. The van der Waals surface area contributed by atoms with Crippen LogP contribution in [0, 0.1) is 6.92 Å². The summed E-state index contributed by atoms with van der Waals surface area (Å²) >= 11 is 0. The van der Waals surface area contributed by atoms with Crippen LogP contribution in [0.1, 0.15) is 18.1 Å². The van der Waals surface area contributed by atoms with Crippen LogP contribution in [0.2, 0.25) is 0 Å². The summed E-state index contributed by atoms with van der Waals surface area (Å²) in [6.45, 7) is 4.22. The van der Waals surface area contributed by atoms with Gasteiger partial charge in [-0.2, -0.15) is 0 Å². The Morgan fingerprint density at radius 3 is 2.81 bits per heavy atom. The van der Waals surface area contributed by atoms with E-state index in [1.54, 1.807) is 0 Å². The van der Waals surface area contributed by atoms with Crippen LogP contribution in [-0.2, 0) is 6.42 Å². The number of aromatic nitrogens is 1. The Morgan fingerprint density at radius 2 is 2.06 bits per heavy atom. The molecule has 82 valence electrons. The van der Waals surface area contributed by atoms with E-state index in [2.05, 4.69) is 48.4 Å². The maximum absolute atomic E-state index is 4.36. The summed E-state index contributed by atoms with van der Waals surface area (Å²) in [5, 5.41) is 3.35. The number of rotatable bonds is 3. The molecule has 0 amide bonds. The number of hydrogen-bond donors (Lipinski definition) is 1. The Hall–Kier alpha value is -1.83. The summed E-state index contributed by atoms with van der Waals surface area (Å²) in [7, 11) is 0. The highest BCUT2D eigenvalue weighted by molar-refractivity contribution is 5.59. The zero-order valence-corrected chi connectivity index (χ0v) is 9.70. The van der Waals surface area contributed by atoms with Gasteiger partial charge in [-0.25, -0.2) is 4.98 Å². The maximum Gasteiger partial charge on any atom is 0.133 e. The molecule has 1 aromatic carbocycles. The molecule has 2 aromatic rings. The lowest BCUT2D eigenvalue weighted by atomic mass is 10.2. The average molecular weight is 212 g/mol. The predicted molar refractivity (Wildman–Crippen MR) is 68.1 cm³/mol. The Bertz CT molecular complexity index is 478. The second-order valence-corrected chi connectivity index (χ2v) is 3.86. The van der Waals surface area contributed by atoms with Gasteiger partial charge < -0.3 is 5.32 Å². The number of benzene rings is 1. The first-order valence-electron chi connectivity index (χ1n) is 5.57. The molecule has 0 aliphatic carbocycles. The number of pyridine rings is 1. The molecule has 0 fully saturated rings. The summed E-state index contributed by atoms with van der Waals surface area (Å²) < 4.78 is 0. The quantitative estimate of drug-likeness (QED) is 0.839. The van der Waals surface area contributed by atoms with Gasteiger partial charge in [-0.1, -0.05) is 25.1 Å². The van der Waals surface area contributed by atoms with Gasteiger partial charge in [0, 0.05) is 11.9 Å². The highest BCUT2D eigenvalue weighted by Crippen LogP contribution is 2.19. The second-order valence-electron chi connectivity index (χ2n) is 3.86. The van der Waals surface area contributed by atoms with Crippen molar-refractivity contribution in [2.75, 3.05) is 5.32 Å². The van der Waals surface area contributed by atoms with Crippen molar-refractivity contribution in [3.8, 4) is 0 Å². The van der Waals surface area contributed by atoms with E-state index in [0.29, 0.717) is 0 Å². The summed E-state index contributed by atoms with van der Waals surface area (Å²) in [6, 6.07) is 12.4. The molecule has 0 spiro atoms. The molecule has 0 atom stereocenters. The lowest BCUT2D eigenvalue weighted by Crippen LogP contribution is -1.97. The van der Waals surface area contributed by atoms with Crippen LogP contribution in [0.5, 0.6) is 0 Å². The van der Waals surface area contributed by atoms with Gasteiger partial charge >= 0.3 is 0 Å². The van der Waals surface area contributed by atoms with E-state index in [1.165, 1.54) is 11.1 Å². The molecule has 0 aliphatic heterocycles. The van der Waals surface area contributed by atoms with E-state index in [1.807, 2.05) is 18.3 Å². The van der Waals surface area contributed by atoms with Crippen molar-refractivity contribution in [1.82, 2.24) is 4.98 Å². The lowest BCUT2D eigenvalue weighted by molar-refractivity contribution is 1.11. The first-order valence-corrected chi connectivity index (χ1v) is 5.57. The highest BCUT2D eigenvalue weighted by atomic mass is 15.0. The van der Waals surface area contributed by atoms with E-state index < -0.39 is 0 Å². The Morgan fingerprint density at radius 1 is 1.19 bits per heavy atom. The molecule has 2 rings (SSSR count). The van der Waals surface area contributed by atoms with Gasteiger partial charge in [-0.05, 0) is 42.7 Å². The van der Waals surface area contributed by atoms with E-state index in [0.717, 1.165) is 17.9 Å². The Labute approximate surface area is 96.4 Å². The van der Waals surface area contributed by atoms with Gasteiger partial charge in [0.05, 0.1) is 0 Å². The largest absolute Gasteiger partial charge is 0.340 e. The highest BCUT2D eigenvalue weighted by Gasteiger charge is 2.01. The van der Waals surface area contributed by atoms with Gasteiger partial charge in [0.15, 0.2) is 0 Å². The average Bonchev–Trinajstić information content (AvgIpc) is 2.30. The molecule has 0 saturated heterocycles. The monoisotopic (exact) mass is 212 g/mol. The third kappa shape index (κ3) is 2.40. The molecule has 0 unspecified atom stereocenters. The van der Waals surface area contributed by atoms with E-state index in [4.69, 9.17) is 0 Å². The van der Waals surface area contributed by atoms with Crippen LogP contribution in [0.4, 0.5) is 11.5 Å². The molecular weight excluding hydrogens is 196 g/mol. The summed E-state index contributed by atoms with van der Waals surface area (Å²) in [5.74, 6) is 0.954. The van der Waals surface area contributed by atoms with Crippen LogP contribution in [0.3, 0.4) is 0 Å². The standard InChI is InChI=1S/C14H16N2/c1-3-12-7-5-9-15-14(12)16-13-8-4-6-11(2)10-13/h4-10H,3H2,1-2H3,(H,15,16). The topological polar surface area (TPSA) is 24.9 Å². The molecule has 16 heavy (non-hydrogen) atoms. The lowest BCUT2D eigenvalue weighted by Gasteiger charge is -2.09. The summed E-state index contributed by atoms with van der Waals surface area (Å²) in [5.41, 5.74) is 3.58. The third-order valence-electron chi connectivity index (χ3n) is 2.55. The fraction of sp³-hybridized carbons (Fsp3) is 0.214. The second kappa shape index (κ2) is 4.79. The van der Waals surface area contributed by atoms with E-state index in [-0.39, 0.29) is 0 Å². The molecule has 2 heteroatoms. The molecule has 0 saturated carbocycles. The zero-order valence-electron chi connectivity index (χ0n) is 9.70. The molecule has 1 aromatic heterocycles. The van der Waals surface area contributed by atoms with Crippen molar-refractivity contribution in [1.29, 1.82) is 0 Å². The van der Waals surface area contributed by atoms with Gasteiger partial charge in [-0.15, -0.1) is 0 Å². The normalized spacial score (nSPS) is 10.1. The molecule has 0 bridgehead atoms. The van der Waals surface area contributed by atoms with E-state index in [9.17, 15) is 0 Å². The molecule has 0 radical (unpaired) electrons. The fourth-order valence-corrected chi connectivity index (χ4v) is 1.70. The van der Waals surface area contributed by atoms with Gasteiger partial charge in [0.2, 0.25) is 0 Å². The molecule has 1 heterocycles. The minimum Gasteiger partial charge on any atom is -0.340 e. The fourth-order valence-electron chi connectivity index (χ4n) is 1.70. The number of nitrogens with zero attached hydrogens (tertiary/aromatic N) is 1. The smallest absolute Gasteiger partial charge is 0.133 e. The van der Waals surface area contributed by atoms with Gasteiger partial charge in [-0.3, -0.25) is 0 Å². The number of aryl methyl sites for hydroxylation is 2. The SMILES string of the molecule is CCc1cccnc1Nc1cccc(C)c1. The van der Waals surface area contributed by atoms with Crippen LogP contribution in [0.15, 0.2) is 42.6 Å². The Kier molecular flexibility index (Phi) is 3.20. The molecule has 0 aliphatic rings. The predicted octanol–water partition coefficient (Wildman–Crippen LogP) is 3.70. The van der Waals surface area contributed by atoms with Crippen LogP contribution in [-0.4, -0.2) is 4.98 Å². The minimum absolute atomic E-state index is 0.954. The number of nitrogens with one attached hydrogen (secondary N) is 1. The first-order chi connectivity index (χ1) is 7.79. The Balaban J connectivity index is 2.26. The van der Waals surface area contributed by atoms with Crippen molar-refractivity contribution < 1.29 is 0 Å².